The van der Waals surface area contributed by atoms with Crippen LogP contribution in [0.2, 0.25) is 0 Å². The van der Waals surface area contributed by atoms with E-state index in [0.29, 0.717) is 23.6 Å². The first-order valence-corrected chi connectivity index (χ1v) is 10.8. The first-order valence-electron chi connectivity index (χ1n) is 10.8. The topological polar surface area (TPSA) is 40.1 Å². The van der Waals surface area contributed by atoms with E-state index in [4.69, 9.17) is 9.73 Å². The van der Waals surface area contributed by atoms with Gasteiger partial charge >= 0.3 is 0 Å². The standard InChI is InChI=1S/C21H36N4O.HI/c1-3-22-20(25-14-9-17(16-25)24-12-7-8-13-24)23-18-15-19(26-4-2)21(18)10-5-6-11-21;/h7-8,17-19H,3-6,9-16H2,1-2H3,(H,22,23);1H. The maximum absolute atomic E-state index is 6.09. The van der Waals surface area contributed by atoms with E-state index in [-0.39, 0.29) is 24.0 Å². The molecule has 0 amide bonds. The Labute approximate surface area is 182 Å². The molecular weight excluding hydrogens is 451 g/mol. The Hall–Kier alpha value is -0.340. The molecule has 154 valence electrons. The normalized spacial score (nSPS) is 32.7. The van der Waals surface area contributed by atoms with E-state index in [1.807, 2.05) is 0 Å². The molecule has 3 atom stereocenters. The Morgan fingerprint density at radius 3 is 2.63 bits per heavy atom. The summed E-state index contributed by atoms with van der Waals surface area (Å²) in [5, 5.41) is 3.89. The van der Waals surface area contributed by atoms with E-state index < -0.39 is 0 Å². The van der Waals surface area contributed by atoms with Crippen LogP contribution in [0, 0.1) is 5.41 Å². The second-order valence-corrected chi connectivity index (χ2v) is 8.43. The number of likely N-dealkylation sites (tertiary alicyclic amines) is 1. The molecule has 27 heavy (non-hydrogen) atoms. The fourth-order valence-electron chi connectivity index (χ4n) is 5.66. The van der Waals surface area contributed by atoms with Crippen molar-refractivity contribution in [3.05, 3.63) is 12.2 Å². The lowest BCUT2D eigenvalue weighted by molar-refractivity contribution is -0.126. The van der Waals surface area contributed by atoms with Crippen LogP contribution < -0.4 is 5.32 Å². The van der Waals surface area contributed by atoms with Gasteiger partial charge in [0, 0.05) is 56.8 Å². The minimum atomic E-state index is 0. The van der Waals surface area contributed by atoms with Gasteiger partial charge < -0.3 is 15.0 Å². The molecule has 2 saturated carbocycles. The van der Waals surface area contributed by atoms with Crippen LogP contribution in [0.3, 0.4) is 0 Å². The van der Waals surface area contributed by atoms with Gasteiger partial charge in [0.25, 0.3) is 0 Å². The summed E-state index contributed by atoms with van der Waals surface area (Å²) in [6, 6.07) is 1.21. The summed E-state index contributed by atoms with van der Waals surface area (Å²) in [5.74, 6) is 1.15. The molecule has 0 aromatic heterocycles. The highest BCUT2D eigenvalue weighted by Crippen LogP contribution is 2.54. The molecule has 0 radical (unpaired) electrons. The summed E-state index contributed by atoms with van der Waals surface area (Å²) in [6.07, 6.45) is 12.8. The smallest absolute Gasteiger partial charge is 0.194 e. The molecule has 1 N–H and O–H groups in total. The second-order valence-electron chi connectivity index (χ2n) is 8.43. The summed E-state index contributed by atoms with van der Waals surface area (Å²) in [5.41, 5.74) is 0.364. The molecule has 4 rings (SSSR count). The molecule has 6 heteroatoms. The number of rotatable bonds is 5. The van der Waals surface area contributed by atoms with Crippen LogP contribution in [0.15, 0.2) is 17.1 Å². The molecule has 3 fully saturated rings. The molecular formula is C21H37IN4O. The molecule has 2 aliphatic heterocycles. The Kier molecular flexibility index (Phi) is 7.47. The third kappa shape index (κ3) is 4.17. The van der Waals surface area contributed by atoms with Gasteiger partial charge in [-0.3, -0.25) is 9.89 Å². The lowest BCUT2D eigenvalue weighted by Gasteiger charge is -2.54. The first kappa shape index (κ1) is 21.4. The van der Waals surface area contributed by atoms with Gasteiger partial charge in [0.05, 0.1) is 6.10 Å². The van der Waals surface area contributed by atoms with Crippen LogP contribution in [0.4, 0.5) is 0 Å². The van der Waals surface area contributed by atoms with E-state index in [0.717, 1.165) is 51.7 Å². The van der Waals surface area contributed by atoms with Crippen LogP contribution >= 0.6 is 24.0 Å². The van der Waals surface area contributed by atoms with Crippen molar-refractivity contribution in [2.24, 2.45) is 10.4 Å². The van der Waals surface area contributed by atoms with E-state index >= 15 is 0 Å². The van der Waals surface area contributed by atoms with E-state index in [1.165, 1.54) is 32.1 Å². The third-order valence-electron chi connectivity index (χ3n) is 7.12. The van der Waals surface area contributed by atoms with Gasteiger partial charge in [-0.15, -0.1) is 24.0 Å². The van der Waals surface area contributed by atoms with Crippen molar-refractivity contribution < 1.29 is 4.74 Å². The van der Waals surface area contributed by atoms with Gasteiger partial charge in [-0.05, 0) is 39.5 Å². The first-order chi connectivity index (χ1) is 12.8. The van der Waals surface area contributed by atoms with Gasteiger partial charge in [0.15, 0.2) is 5.96 Å². The number of ether oxygens (including phenoxy) is 1. The quantitative estimate of drug-likeness (QED) is 0.279. The number of halogens is 1. The Balaban J connectivity index is 0.00000210. The average Bonchev–Trinajstić information content (AvgIpc) is 3.41. The maximum atomic E-state index is 6.09. The van der Waals surface area contributed by atoms with Crippen molar-refractivity contribution in [1.29, 1.82) is 0 Å². The lowest BCUT2D eigenvalue weighted by atomic mass is 9.60. The van der Waals surface area contributed by atoms with Crippen molar-refractivity contribution in [3.63, 3.8) is 0 Å². The number of guanidine groups is 1. The molecule has 1 saturated heterocycles. The molecule has 2 aliphatic carbocycles. The summed E-state index contributed by atoms with van der Waals surface area (Å²) in [6.45, 7) is 10.4. The lowest BCUT2D eigenvalue weighted by Crippen LogP contribution is -2.65. The Bertz CT molecular complexity index is 538. The van der Waals surface area contributed by atoms with Crippen LogP contribution in [-0.2, 0) is 4.74 Å². The van der Waals surface area contributed by atoms with Crippen molar-refractivity contribution in [2.45, 2.75) is 70.6 Å². The molecule has 1 spiro atoms. The fraction of sp³-hybridized carbons (Fsp3) is 0.857. The highest BCUT2D eigenvalue weighted by Gasteiger charge is 2.57. The molecule has 2 heterocycles. The SMILES string of the molecule is CCN=C(NC1CC(OCC)C12CCCC2)N1CCC(N2CC=CC2)C1.I. The number of hydrogen-bond donors (Lipinski definition) is 1. The largest absolute Gasteiger partial charge is 0.378 e. The molecule has 0 aromatic carbocycles. The minimum Gasteiger partial charge on any atom is -0.378 e. The summed E-state index contributed by atoms with van der Waals surface area (Å²) in [7, 11) is 0. The van der Waals surface area contributed by atoms with Gasteiger partial charge in [0.2, 0.25) is 0 Å². The van der Waals surface area contributed by atoms with E-state index in [1.54, 1.807) is 0 Å². The Morgan fingerprint density at radius 2 is 1.96 bits per heavy atom. The van der Waals surface area contributed by atoms with Gasteiger partial charge in [-0.2, -0.15) is 0 Å². The zero-order valence-corrected chi connectivity index (χ0v) is 19.4. The van der Waals surface area contributed by atoms with Crippen molar-refractivity contribution >= 4 is 29.9 Å². The third-order valence-corrected chi connectivity index (χ3v) is 7.12. The molecule has 4 aliphatic rings. The molecule has 0 bridgehead atoms. The van der Waals surface area contributed by atoms with Gasteiger partial charge in [-0.25, -0.2) is 0 Å². The van der Waals surface area contributed by atoms with Gasteiger partial charge in [-0.1, -0.05) is 25.0 Å². The molecule has 5 nitrogen and oxygen atoms in total. The van der Waals surface area contributed by atoms with E-state index in [2.05, 4.69) is 41.1 Å². The van der Waals surface area contributed by atoms with Crippen LogP contribution in [0.25, 0.3) is 0 Å². The predicted octanol–water partition coefficient (Wildman–Crippen LogP) is 3.25. The van der Waals surface area contributed by atoms with Crippen molar-refractivity contribution in [3.8, 4) is 0 Å². The van der Waals surface area contributed by atoms with E-state index in [9.17, 15) is 0 Å². The van der Waals surface area contributed by atoms with Crippen molar-refractivity contribution in [2.75, 3.05) is 39.3 Å². The maximum Gasteiger partial charge on any atom is 0.194 e. The fourth-order valence-corrected chi connectivity index (χ4v) is 5.66. The minimum absolute atomic E-state index is 0. The summed E-state index contributed by atoms with van der Waals surface area (Å²) in [4.78, 5) is 9.97. The van der Waals surface area contributed by atoms with Gasteiger partial charge in [0.1, 0.15) is 0 Å². The van der Waals surface area contributed by atoms with Crippen LogP contribution in [0.5, 0.6) is 0 Å². The monoisotopic (exact) mass is 488 g/mol. The highest BCUT2D eigenvalue weighted by molar-refractivity contribution is 14.0. The zero-order chi connectivity index (χ0) is 18.0. The average molecular weight is 488 g/mol. The number of nitrogens with zero attached hydrogens (tertiary/aromatic N) is 3. The Morgan fingerprint density at radius 1 is 1.22 bits per heavy atom. The number of aliphatic imine (C=N–C) groups is 1. The number of hydrogen-bond acceptors (Lipinski definition) is 3. The highest BCUT2D eigenvalue weighted by atomic mass is 127. The summed E-state index contributed by atoms with van der Waals surface area (Å²) < 4.78 is 6.09. The second kappa shape index (κ2) is 9.44. The zero-order valence-electron chi connectivity index (χ0n) is 17.0. The van der Waals surface area contributed by atoms with Crippen LogP contribution in [0.1, 0.15) is 52.4 Å². The predicted molar refractivity (Wildman–Crippen MR) is 122 cm³/mol. The van der Waals surface area contributed by atoms with Crippen LogP contribution in [-0.4, -0.2) is 73.3 Å². The number of nitrogens with one attached hydrogen (secondary N) is 1. The van der Waals surface area contributed by atoms with Crippen molar-refractivity contribution in [1.82, 2.24) is 15.1 Å². The molecule has 0 aromatic rings. The summed E-state index contributed by atoms with van der Waals surface area (Å²) >= 11 is 0. The molecule has 3 unspecified atom stereocenters.